The molecule has 1 aliphatic heterocycles. The summed E-state index contributed by atoms with van der Waals surface area (Å²) < 4.78 is 26.6. The number of rotatable bonds is 9. The third-order valence-corrected chi connectivity index (χ3v) is 7.68. The van der Waals surface area contributed by atoms with Gasteiger partial charge in [0.05, 0.1) is 20.3 Å². The van der Waals surface area contributed by atoms with Crippen LogP contribution in [0.5, 0.6) is 5.75 Å². The van der Waals surface area contributed by atoms with Gasteiger partial charge in [-0.25, -0.2) is 4.39 Å². The van der Waals surface area contributed by atoms with Crippen molar-refractivity contribution in [2.75, 3.05) is 21.3 Å². The zero-order valence-corrected chi connectivity index (χ0v) is 23.3. The summed E-state index contributed by atoms with van der Waals surface area (Å²) in [6.07, 6.45) is 12.5. The number of benzene rings is 1. The van der Waals surface area contributed by atoms with E-state index in [1.807, 2.05) is 13.8 Å². The van der Waals surface area contributed by atoms with Crippen LogP contribution < -0.4 is 4.74 Å². The summed E-state index contributed by atoms with van der Waals surface area (Å²) in [6, 6.07) is 6.41. The Bertz CT molecular complexity index is 1090. The van der Waals surface area contributed by atoms with Crippen LogP contribution in [0.1, 0.15) is 76.8 Å². The molecular formula is C32H44FNO2. The number of aryl methyl sites for hydroxylation is 1. The average Bonchev–Trinajstić information content (AvgIpc) is 2.83. The third-order valence-electron chi connectivity index (χ3n) is 7.68. The lowest BCUT2D eigenvalue weighted by Gasteiger charge is -2.35. The summed E-state index contributed by atoms with van der Waals surface area (Å²) in [5, 5.41) is 0. The molecule has 0 bridgehead atoms. The average molecular weight is 494 g/mol. The fraction of sp³-hybridized carbons (Fsp3) is 0.500. The van der Waals surface area contributed by atoms with Gasteiger partial charge in [-0.2, -0.15) is 0 Å². The second-order valence-electron chi connectivity index (χ2n) is 10.6. The minimum atomic E-state index is -1.03. The van der Waals surface area contributed by atoms with Crippen molar-refractivity contribution < 1.29 is 13.9 Å². The van der Waals surface area contributed by atoms with Gasteiger partial charge >= 0.3 is 0 Å². The molecule has 196 valence electrons. The molecule has 0 spiro atoms. The molecule has 3 rings (SSSR count). The first kappa shape index (κ1) is 27.8. The van der Waals surface area contributed by atoms with Crippen LogP contribution in [0.3, 0.4) is 0 Å². The molecule has 0 amide bonds. The zero-order chi connectivity index (χ0) is 26.5. The lowest BCUT2D eigenvalue weighted by atomic mass is 9.82. The molecule has 4 heteroatoms. The molecule has 0 radical (unpaired) electrons. The van der Waals surface area contributed by atoms with Gasteiger partial charge in [-0.3, -0.25) is 0 Å². The predicted molar refractivity (Wildman–Crippen MR) is 150 cm³/mol. The molecule has 0 aromatic heterocycles. The van der Waals surface area contributed by atoms with Crippen molar-refractivity contribution in [2.24, 2.45) is 0 Å². The van der Waals surface area contributed by atoms with Crippen molar-refractivity contribution in [3.63, 3.8) is 0 Å². The van der Waals surface area contributed by atoms with Crippen molar-refractivity contribution in [3.05, 3.63) is 82.3 Å². The maximum absolute atomic E-state index is 15.4. The van der Waals surface area contributed by atoms with E-state index in [9.17, 15) is 0 Å². The van der Waals surface area contributed by atoms with Crippen molar-refractivity contribution in [1.82, 2.24) is 4.90 Å². The van der Waals surface area contributed by atoms with E-state index in [2.05, 4.69) is 68.9 Å². The van der Waals surface area contributed by atoms with Gasteiger partial charge in [0.25, 0.3) is 0 Å². The Morgan fingerprint density at radius 2 is 1.86 bits per heavy atom. The summed E-state index contributed by atoms with van der Waals surface area (Å²) in [5.74, 6) is 1.72. The summed E-state index contributed by atoms with van der Waals surface area (Å²) >= 11 is 0. The molecule has 1 aromatic rings. The van der Waals surface area contributed by atoms with Gasteiger partial charge in [-0.15, -0.1) is 0 Å². The van der Waals surface area contributed by atoms with Crippen LogP contribution in [0.4, 0.5) is 4.39 Å². The van der Waals surface area contributed by atoms with Gasteiger partial charge in [0.1, 0.15) is 17.2 Å². The monoisotopic (exact) mass is 493 g/mol. The largest absolute Gasteiger partial charge is 0.501 e. The van der Waals surface area contributed by atoms with Gasteiger partial charge in [-0.1, -0.05) is 50.1 Å². The Labute approximate surface area is 218 Å². The fourth-order valence-corrected chi connectivity index (χ4v) is 5.74. The fourth-order valence-electron chi connectivity index (χ4n) is 5.74. The first-order valence-electron chi connectivity index (χ1n) is 13.2. The molecule has 1 atom stereocenters. The third kappa shape index (κ3) is 6.32. The summed E-state index contributed by atoms with van der Waals surface area (Å²) in [4.78, 5) is 2.25. The van der Waals surface area contributed by atoms with Crippen LogP contribution >= 0.6 is 0 Å². The Morgan fingerprint density at radius 1 is 1.17 bits per heavy atom. The highest BCUT2D eigenvalue weighted by atomic mass is 19.1. The van der Waals surface area contributed by atoms with E-state index in [1.165, 1.54) is 11.1 Å². The molecule has 1 fully saturated rings. The van der Waals surface area contributed by atoms with Gasteiger partial charge in [-0.05, 0) is 87.3 Å². The number of alkyl halides is 1. The molecule has 0 saturated heterocycles. The summed E-state index contributed by atoms with van der Waals surface area (Å²) in [6.45, 7) is 12.4. The number of hydrogen-bond donors (Lipinski definition) is 0. The highest BCUT2D eigenvalue weighted by Gasteiger charge is 2.31. The summed E-state index contributed by atoms with van der Waals surface area (Å²) in [5.41, 5.74) is 6.67. The normalized spacial score (nSPS) is 20.8. The summed E-state index contributed by atoms with van der Waals surface area (Å²) in [7, 11) is 5.51. The van der Waals surface area contributed by atoms with Crippen LogP contribution in [0.2, 0.25) is 0 Å². The van der Waals surface area contributed by atoms with Crippen LogP contribution in [0.25, 0.3) is 5.57 Å². The molecule has 3 nitrogen and oxygen atoms in total. The van der Waals surface area contributed by atoms with E-state index in [0.29, 0.717) is 19.3 Å². The van der Waals surface area contributed by atoms with Gasteiger partial charge < -0.3 is 14.4 Å². The second-order valence-corrected chi connectivity index (χ2v) is 10.6. The lowest BCUT2D eigenvalue weighted by molar-refractivity contribution is 0.0976. The molecule has 0 N–H and O–H groups in total. The molecule has 1 unspecified atom stereocenters. The first-order valence-corrected chi connectivity index (χ1v) is 13.2. The van der Waals surface area contributed by atoms with E-state index >= 15 is 4.39 Å². The van der Waals surface area contributed by atoms with E-state index in [0.717, 1.165) is 65.0 Å². The maximum atomic E-state index is 15.4. The van der Waals surface area contributed by atoms with Crippen molar-refractivity contribution >= 4 is 5.57 Å². The Morgan fingerprint density at radius 3 is 2.44 bits per heavy atom. The minimum Gasteiger partial charge on any atom is -0.501 e. The SMILES string of the molecule is C=C(C)/C(C1=CN(C)C(/C(=C\CCC2(F)CCCCC2)c2ccc(C)c(OC)c2)C(C)=C1)=C(/C)OC. The number of allylic oxidation sites excluding steroid dienone is 6. The van der Waals surface area contributed by atoms with Gasteiger partial charge in [0.15, 0.2) is 0 Å². The van der Waals surface area contributed by atoms with Gasteiger partial charge in [0, 0.05) is 24.4 Å². The molecule has 1 aromatic carbocycles. The Balaban J connectivity index is 2.00. The Kier molecular flexibility index (Phi) is 9.27. The quantitative estimate of drug-likeness (QED) is 0.254. The van der Waals surface area contributed by atoms with E-state index in [4.69, 9.17) is 9.47 Å². The van der Waals surface area contributed by atoms with E-state index in [1.54, 1.807) is 14.2 Å². The molecule has 1 aliphatic carbocycles. The van der Waals surface area contributed by atoms with Crippen LogP contribution in [0.15, 0.2) is 71.2 Å². The maximum Gasteiger partial charge on any atom is 0.122 e. The van der Waals surface area contributed by atoms with Crippen molar-refractivity contribution in [1.29, 1.82) is 0 Å². The number of nitrogens with zero attached hydrogens (tertiary/aromatic N) is 1. The van der Waals surface area contributed by atoms with E-state index in [-0.39, 0.29) is 6.04 Å². The number of likely N-dealkylation sites (N-methyl/N-ethyl adjacent to an activating group) is 1. The smallest absolute Gasteiger partial charge is 0.122 e. The van der Waals surface area contributed by atoms with Crippen molar-refractivity contribution in [2.45, 2.75) is 84.4 Å². The second kappa shape index (κ2) is 12.0. The molecule has 1 heterocycles. The van der Waals surface area contributed by atoms with Crippen molar-refractivity contribution in [3.8, 4) is 5.75 Å². The number of halogens is 1. The molecule has 36 heavy (non-hydrogen) atoms. The molecular weight excluding hydrogens is 449 g/mol. The molecule has 2 aliphatic rings. The van der Waals surface area contributed by atoms with Crippen LogP contribution in [-0.4, -0.2) is 37.9 Å². The number of hydrogen-bond acceptors (Lipinski definition) is 3. The van der Waals surface area contributed by atoms with E-state index < -0.39 is 5.67 Å². The minimum absolute atomic E-state index is 0.0392. The highest BCUT2D eigenvalue weighted by Crippen LogP contribution is 2.39. The zero-order valence-electron chi connectivity index (χ0n) is 23.3. The first-order chi connectivity index (χ1) is 17.1. The standard InChI is InChI=1S/C32H44FNO2/c1-22(2)30(25(5)35-7)27-19-24(4)31(34(6)21-27)28(26-15-14-23(3)29(20-26)36-8)13-12-18-32(33)16-10-9-11-17-32/h13-15,19-21,31H,1,9-12,16-18H2,2-8H3/b28-13-,30-25+. The number of methoxy groups -OCH3 is 2. The number of ether oxygens (including phenoxy) is 2. The van der Waals surface area contributed by atoms with Gasteiger partial charge in [0.2, 0.25) is 0 Å². The molecule has 1 saturated carbocycles. The topological polar surface area (TPSA) is 21.7 Å². The predicted octanol–water partition coefficient (Wildman–Crippen LogP) is 8.48. The lowest BCUT2D eigenvalue weighted by Crippen LogP contribution is -2.33. The Hall–Kier alpha value is -2.75. The van der Waals surface area contributed by atoms with Crippen LogP contribution in [-0.2, 0) is 4.74 Å². The highest BCUT2D eigenvalue weighted by molar-refractivity contribution is 5.75. The van der Waals surface area contributed by atoms with Crippen LogP contribution in [0, 0.1) is 6.92 Å².